The van der Waals surface area contributed by atoms with Crippen molar-refractivity contribution in [2.45, 2.75) is 32.6 Å². The van der Waals surface area contributed by atoms with E-state index in [0.717, 1.165) is 0 Å². The first-order chi connectivity index (χ1) is 14.6. The lowest BCUT2D eigenvalue weighted by Crippen LogP contribution is -2.19. The van der Waals surface area contributed by atoms with Crippen LogP contribution < -0.4 is 21.1 Å². The van der Waals surface area contributed by atoms with Crippen molar-refractivity contribution in [2.24, 2.45) is 5.73 Å². The molecular formula is C21H22ClN5O4. The van der Waals surface area contributed by atoms with Gasteiger partial charge in [0.25, 0.3) is 0 Å². The summed E-state index contributed by atoms with van der Waals surface area (Å²) in [7, 11) is 0. The zero-order valence-electron chi connectivity index (χ0n) is 17.2. The van der Waals surface area contributed by atoms with Gasteiger partial charge in [-0.1, -0.05) is 37.5 Å². The summed E-state index contributed by atoms with van der Waals surface area (Å²) < 4.78 is 11.0. The van der Waals surface area contributed by atoms with E-state index in [0.29, 0.717) is 34.5 Å². The zero-order chi connectivity index (χ0) is 22.6. The van der Waals surface area contributed by atoms with Crippen molar-refractivity contribution in [2.75, 3.05) is 10.6 Å². The van der Waals surface area contributed by atoms with E-state index in [1.165, 1.54) is 6.20 Å². The maximum Gasteiger partial charge on any atom is 0.324 e. The van der Waals surface area contributed by atoms with E-state index in [9.17, 15) is 9.59 Å². The monoisotopic (exact) mass is 443 g/mol. The Morgan fingerprint density at radius 1 is 1.13 bits per heavy atom. The molecule has 10 heteroatoms. The molecule has 4 N–H and O–H groups in total. The number of pyridine rings is 1. The molecule has 0 saturated heterocycles. The van der Waals surface area contributed by atoms with Crippen LogP contribution in [0.15, 0.2) is 47.1 Å². The summed E-state index contributed by atoms with van der Waals surface area (Å²) in [5, 5.41) is 9.36. The Kier molecular flexibility index (Phi) is 6.45. The standard InChI is InChI=1S/C21H22ClN5O4/c1-21(2,3)17-11-19(27-31-17)26-20(29)25-16-5-4-13(10-15(16)22)30-14-6-7-24-12(8-14)9-18(23)28/h4-8,10-11H,9H2,1-3H3,(H2,23,28)(H2,25,26,27,29). The normalized spacial score (nSPS) is 11.1. The first-order valence-corrected chi connectivity index (χ1v) is 9.74. The third-order valence-electron chi connectivity index (χ3n) is 4.06. The third kappa shape index (κ3) is 6.19. The zero-order valence-corrected chi connectivity index (χ0v) is 18.0. The molecule has 0 unspecified atom stereocenters. The lowest BCUT2D eigenvalue weighted by atomic mass is 9.93. The molecular weight excluding hydrogens is 422 g/mol. The first-order valence-electron chi connectivity index (χ1n) is 9.36. The lowest BCUT2D eigenvalue weighted by molar-refractivity contribution is -0.117. The quantitative estimate of drug-likeness (QED) is 0.514. The Morgan fingerprint density at radius 2 is 1.87 bits per heavy atom. The molecule has 0 aliphatic rings. The smallest absolute Gasteiger partial charge is 0.324 e. The molecule has 0 atom stereocenters. The Hall–Kier alpha value is -3.59. The van der Waals surface area contributed by atoms with Gasteiger partial charge in [-0.2, -0.15) is 0 Å². The summed E-state index contributed by atoms with van der Waals surface area (Å²) in [5.74, 6) is 1.38. The number of nitrogens with zero attached hydrogens (tertiary/aromatic N) is 2. The van der Waals surface area contributed by atoms with Crippen LogP contribution >= 0.6 is 11.6 Å². The molecule has 0 saturated carbocycles. The minimum absolute atomic E-state index is 0.0126. The number of hydrogen-bond acceptors (Lipinski definition) is 6. The molecule has 2 heterocycles. The van der Waals surface area contributed by atoms with Crippen LogP contribution in [-0.2, 0) is 16.6 Å². The number of carbonyl (C=O) groups excluding carboxylic acids is 2. The van der Waals surface area contributed by atoms with Gasteiger partial charge >= 0.3 is 6.03 Å². The average molecular weight is 444 g/mol. The Balaban J connectivity index is 1.63. The molecule has 31 heavy (non-hydrogen) atoms. The second kappa shape index (κ2) is 9.05. The predicted molar refractivity (Wildman–Crippen MR) is 117 cm³/mol. The van der Waals surface area contributed by atoms with Gasteiger partial charge in [0.15, 0.2) is 5.82 Å². The second-order valence-corrected chi connectivity index (χ2v) is 8.18. The van der Waals surface area contributed by atoms with Gasteiger partial charge in [0.1, 0.15) is 17.3 Å². The predicted octanol–water partition coefficient (Wildman–Crippen LogP) is 4.48. The highest BCUT2D eigenvalue weighted by Gasteiger charge is 2.20. The molecule has 162 valence electrons. The molecule has 0 bridgehead atoms. The van der Waals surface area contributed by atoms with Gasteiger partial charge in [-0.3, -0.25) is 15.1 Å². The first kappa shape index (κ1) is 22.1. The van der Waals surface area contributed by atoms with E-state index < -0.39 is 11.9 Å². The van der Waals surface area contributed by atoms with Crippen molar-refractivity contribution >= 4 is 35.0 Å². The van der Waals surface area contributed by atoms with Crippen molar-refractivity contribution in [3.63, 3.8) is 0 Å². The Bertz CT molecular complexity index is 1110. The van der Waals surface area contributed by atoms with Gasteiger partial charge in [0.05, 0.1) is 22.8 Å². The van der Waals surface area contributed by atoms with Gasteiger partial charge in [-0.25, -0.2) is 4.79 Å². The third-order valence-corrected chi connectivity index (χ3v) is 4.37. The number of nitrogens with one attached hydrogen (secondary N) is 2. The lowest BCUT2D eigenvalue weighted by Gasteiger charge is -2.12. The minimum atomic E-state index is -0.519. The number of anilines is 2. The van der Waals surface area contributed by atoms with E-state index in [1.807, 2.05) is 20.8 Å². The Labute approximate surface area is 183 Å². The number of amides is 3. The van der Waals surface area contributed by atoms with E-state index in [2.05, 4.69) is 20.8 Å². The van der Waals surface area contributed by atoms with Gasteiger partial charge in [0, 0.05) is 29.8 Å². The molecule has 3 amide bonds. The van der Waals surface area contributed by atoms with Crippen molar-refractivity contribution in [1.82, 2.24) is 10.1 Å². The molecule has 0 aliphatic carbocycles. The summed E-state index contributed by atoms with van der Waals surface area (Å²) in [6.07, 6.45) is 1.53. The molecule has 3 aromatic rings. The van der Waals surface area contributed by atoms with Crippen LogP contribution in [-0.4, -0.2) is 22.1 Å². The van der Waals surface area contributed by atoms with Crippen molar-refractivity contribution in [3.05, 3.63) is 59.1 Å². The average Bonchev–Trinajstić information content (AvgIpc) is 3.12. The van der Waals surface area contributed by atoms with Crippen LogP contribution in [0.2, 0.25) is 5.02 Å². The molecule has 0 radical (unpaired) electrons. The summed E-state index contributed by atoms with van der Waals surface area (Å²) in [4.78, 5) is 27.4. The van der Waals surface area contributed by atoms with Gasteiger partial charge in [0.2, 0.25) is 5.91 Å². The van der Waals surface area contributed by atoms with E-state index in [4.69, 9.17) is 26.6 Å². The van der Waals surface area contributed by atoms with Crippen LogP contribution in [0.1, 0.15) is 32.2 Å². The van der Waals surface area contributed by atoms with Crippen molar-refractivity contribution in [1.29, 1.82) is 0 Å². The number of benzene rings is 1. The number of ether oxygens (including phenoxy) is 1. The fraction of sp³-hybridized carbons (Fsp3) is 0.238. The number of primary amides is 1. The Morgan fingerprint density at radius 3 is 2.52 bits per heavy atom. The van der Waals surface area contributed by atoms with Crippen LogP contribution in [0.5, 0.6) is 11.5 Å². The van der Waals surface area contributed by atoms with Crippen LogP contribution in [0.4, 0.5) is 16.3 Å². The topological polar surface area (TPSA) is 132 Å². The summed E-state index contributed by atoms with van der Waals surface area (Å²) in [6.45, 7) is 5.93. The maximum atomic E-state index is 12.3. The summed E-state index contributed by atoms with van der Waals surface area (Å²) in [5.41, 5.74) is 5.84. The summed E-state index contributed by atoms with van der Waals surface area (Å²) in [6, 6.07) is 9.20. The van der Waals surface area contributed by atoms with Crippen LogP contribution in [0, 0.1) is 0 Å². The van der Waals surface area contributed by atoms with Crippen molar-refractivity contribution in [3.8, 4) is 11.5 Å². The molecule has 9 nitrogen and oxygen atoms in total. The minimum Gasteiger partial charge on any atom is -0.457 e. The van der Waals surface area contributed by atoms with E-state index in [1.54, 1.807) is 36.4 Å². The highest BCUT2D eigenvalue weighted by molar-refractivity contribution is 6.34. The number of halogens is 1. The van der Waals surface area contributed by atoms with Gasteiger partial charge in [-0.15, -0.1) is 0 Å². The highest BCUT2D eigenvalue weighted by atomic mass is 35.5. The second-order valence-electron chi connectivity index (χ2n) is 7.78. The maximum absolute atomic E-state index is 12.3. The fourth-order valence-corrected chi connectivity index (χ4v) is 2.77. The van der Waals surface area contributed by atoms with Gasteiger partial charge in [-0.05, 0) is 18.2 Å². The SMILES string of the molecule is CC(C)(C)c1cc(NC(=O)Nc2ccc(Oc3ccnc(CC(N)=O)c3)cc2Cl)no1. The van der Waals surface area contributed by atoms with Crippen LogP contribution in [0.3, 0.4) is 0 Å². The number of nitrogens with two attached hydrogens (primary N) is 1. The van der Waals surface area contributed by atoms with Crippen LogP contribution in [0.25, 0.3) is 0 Å². The van der Waals surface area contributed by atoms with Gasteiger partial charge < -0.3 is 20.3 Å². The summed E-state index contributed by atoms with van der Waals surface area (Å²) >= 11 is 6.28. The number of urea groups is 1. The fourth-order valence-electron chi connectivity index (χ4n) is 2.55. The number of aromatic nitrogens is 2. The molecule has 2 aromatic heterocycles. The van der Waals surface area contributed by atoms with E-state index in [-0.39, 0.29) is 16.9 Å². The largest absolute Gasteiger partial charge is 0.457 e. The molecule has 1 aromatic carbocycles. The van der Waals surface area contributed by atoms with Crippen molar-refractivity contribution < 1.29 is 18.8 Å². The molecule has 0 spiro atoms. The number of hydrogen-bond donors (Lipinski definition) is 3. The highest BCUT2D eigenvalue weighted by Crippen LogP contribution is 2.30. The number of rotatable bonds is 6. The number of carbonyl (C=O) groups is 2. The molecule has 0 fully saturated rings. The molecule has 0 aliphatic heterocycles. The molecule has 3 rings (SSSR count). The van der Waals surface area contributed by atoms with E-state index >= 15 is 0 Å².